The molecule has 20 heavy (non-hydrogen) atoms. The van der Waals surface area contributed by atoms with Crippen LogP contribution < -0.4 is 11.1 Å². The maximum absolute atomic E-state index is 5.53. The zero-order valence-corrected chi connectivity index (χ0v) is 14.1. The molecule has 0 heterocycles. The monoisotopic (exact) mass is 278 g/mol. The Hall–Kier alpha value is -0.860. The van der Waals surface area contributed by atoms with Gasteiger partial charge in [0, 0.05) is 18.6 Å². The number of hydrogen-bond donors (Lipinski definition) is 2. The van der Waals surface area contributed by atoms with Gasteiger partial charge < -0.3 is 11.1 Å². The lowest BCUT2D eigenvalue weighted by molar-refractivity contribution is 0.236. The van der Waals surface area contributed by atoms with Gasteiger partial charge in [-0.2, -0.15) is 0 Å². The molecule has 0 aromatic heterocycles. The van der Waals surface area contributed by atoms with E-state index in [-0.39, 0.29) is 0 Å². The van der Waals surface area contributed by atoms with E-state index in [2.05, 4.69) is 58.7 Å². The first-order chi connectivity index (χ1) is 9.42. The summed E-state index contributed by atoms with van der Waals surface area (Å²) in [7, 11) is 0. The van der Waals surface area contributed by atoms with Gasteiger partial charge in [0.1, 0.15) is 0 Å². The summed E-state index contributed by atoms with van der Waals surface area (Å²) in [6, 6.07) is 0.804. The molecule has 0 radical (unpaired) electrons. The molecule has 0 aliphatic rings. The molecule has 0 bridgehead atoms. The smallest absolute Gasteiger partial charge is 0.0294 e. The fourth-order valence-electron chi connectivity index (χ4n) is 2.54. The molecule has 2 heteroatoms. The first kappa shape index (κ1) is 19.1. The van der Waals surface area contributed by atoms with Crippen molar-refractivity contribution in [1.29, 1.82) is 0 Å². The van der Waals surface area contributed by atoms with Gasteiger partial charge in [-0.1, -0.05) is 64.5 Å². The van der Waals surface area contributed by atoms with Crippen molar-refractivity contribution in [2.24, 2.45) is 11.1 Å². The molecule has 0 aliphatic heterocycles. The second kappa shape index (κ2) is 9.95. The van der Waals surface area contributed by atoms with Gasteiger partial charge in [0.2, 0.25) is 0 Å². The third-order valence-corrected chi connectivity index (χ3v) is 4.30. The van der Waals surface area contributed by atoms with E-state index in [9.17, 15) is 0 Å². The highest BCUT2D eigenvalue weighted by Crippen LogP contribution is 2.31. The van der Waals surface area contributed by atoms with Crippen molar-refractivity contribution in [3.05, 3.63) is 36.5 Å². The van der Waals surface area contributed by atoms with E-state index >= 15 is 0 Å². The topological polar surface area (TPSA) is 38.0 Å². The van der Waals surface area contributed by atoms with Crippen LogP contribution in [0.2, 0.25) is 0 Å². The van der Waals surface area contributed by atoms with Crippen molar-refractivity contribution < 1.29 is 0 Å². The molecule has 2 unspecified atom stereocenters. The van der Waals surface area contributed by atoms with E-state index in [0.717, 1.165) is 0 Å². The Kier molecular flexibility index (Phi) is 9.52. The maximum atomic E-state index is 5.53. The van der Waals surface area contributed by atoms with Crippen LogP contribution in [-0.4, -0.2) is 18.6 Å². The fourth-order valence-corrected chi connectivity index (χ4v) is 2.54. The highest BCUT2D eigenvalue weighted by Gasteiger charge is 2.23. The summed E-state index contributed by atoms with van der Waals surface area (Å²) in [5.74, 6) is 0. The Balaban J connectivity index is 4.63. The molecule has 0 aromatic carbocycles. The SMILES string of the molecule is C=C/C=C(\C=C/CN)C(C)NC(C)CC(C)(CC)CC. The van der Waals surface area contributed by atoms with Crippen LogP contribution in [-0.2, 0) is 0 Å². The Morgan fingerprint density at radius 1 is 1.30 bits per heavy atom. The Labute approximate surface area is 126 Å². The molecule has 3 N–H and O–H groups in total. The van der Waals surface area contributed by atoms with Gasteiger partial charge in [0.05, 0.1) is 0 Å². The molecule has 116 valence electrons. The normalized spacial score (nSPS) is 16.4. The van der Waals surface area contributed by atoms with Crippen LogP contribution in [0.5, 0.6) is 0 Å². The van der Waals surface area contributed by atoms with Gasteiger partial charge in [0.15, 0.2) is 0 Å². The van der Waals surface area contributed by atoms with Crippen molar-refractivity contribution >= 4 is 0 Å². The van der Waals surface area contributed by atoms with E-state index in [1.807, 2.05) is 12.2 Å². The minimum atomic E-state index is 0.309. The van der Waals surface area contributed by atoms with E-state index in [4.69, 9.17) is 5.73 Å². The standard InChI is InChI=1S/C18H34N2/c1-7-11-17(12-10-13-19)16(5)20-15(4)14-18(6,8-2)9-3/h7,10-12,15-16,20H,1,8-9,13-14,19H2,2-6H3/b12-10-,17-11+. The van der Waals surface area contributed by atoms with Crippen LogP contribution in [0.15, 0.2) is 36.5 Å². The van der Waals surface area contributed by atoms with Crippen LogP contribution in [0, 0.1) is 5.41 Å². The molecule has 0 saturated heterocycles. The first-order valence-corrected chi connectivity index (χ1v) is 7.87. The molecular weight excluding hydrogens is 244 g/mol. The molecule has 0 aliphatic carbocycles. The second-order valence-electron chi connectivity index (χ2n) is 6.05. The average Bonchev–Trinajstić information content (AvgIpc) is 2.42. The van der Waals surface area contributed by atoms with Crippen LogP contribution >= 0.6 is 0 Å². The van der Waals surface area contributed by atoms with Gasteiger partial charge >= 0.3 is 0 Å². The summed E-state index contributed by atoms with van der Waals surface area (Å²) in [6.45, 7) is 15.8. The van der Waals surface area contributed by atoms with Gasteiger partial charge in [0.25, 0.3) is 0 Å². The summed E-state index contributed by atoms with van der Waals surface area (Å²) >= 11 is 0. The van der Waals surface area contributed by atoms with Crippen LogP contribution in [0.3, 0.4) is 0 Å². The molecule has 0 aromatic rings. The van der Waals surface area contributed by atoms with Crippen LogP contribution in [0.25, 0.3) is 0 Å². The number of nitrogens with one attached hydrogen (secondary N) is 1. The van der Waals surface area contributed by atoms with E-state index in [1.165, 1.54) is 24.8 Å². The largest absolute Gasteiger partial charge is 0.327 e. The molecule has 0 fully saturated rings. The van der Waals surface area contributed by atoms with Gasteiger partial charge in [-0.15, -0.1) is 0 Å². The van der Waals surface area contributed by atoms with Gasteiger partial charge in [-0.25, -0.2) is 0 Å². The highest BCUT2D eigenvalue weighted by molar-refractivity contribution is 5.27. The van der Waals surface area contributed by atoms with E-state index < -0.39 is 0 Å². The molecule has 2 atom stereocenters. The van der Waals surface area contributed by atoms with Crippen LogP contribution in [0.4, 0.5) is 0 Å². The zero-order valence-electron chi connectivity index (χ0n) is 14.1. The Bertz CT molecular complexity index is 324. The molecule has 0 saturated carbocycles. The predicted molar refractivity (Wildman–Crippen MR) is 91.8 cm³/mol. The minimum absolute atomic E-state index is 0.309. The summed E-state index contributed by atoms with van der Waals surface area (Å²) in [5, 5.41) is 3.69. The average molecular weight is 278 g/mol. The fraction of sp³-hybridized carbons (Fsp3) is 0.667. The second-order valence-corrected chi connectivity index (χ2v) is 6.05. The number of nitrogens with two attached hydrogens (primary N) is 1. The first-order valence-electron chi connectivity index (χ1n) is 7.87. The summed E-state index contributed by atoms with van der Waals surface area (Å²) < 4.78 is 0. The molecule has 0 spiro atoms. The summed E-state index contributed by atoms with van der Waals surface area (Å²) in [6.07, 6.45) is 11.6. The molecule has 2 nitrogen and oxygen atoms in total. The lowest BCUT2D eigenvalue weighted by Gasteiger charge is -2.32. The Morgan fingerprint density at radius 2 is 1.90 bits per heavy atom. The highest BCUT2D eigenvalue weighted by atomic mass is 14.9. The van der Waals surface area contributed by atoms with Crippen LogP contribution in [0.1, 0.15) is 53.9 Å². The molecule has 0 rings (SSSR count). The van der Waals surface area contributed by atoms with Crippen molar-refractivity contribution in [1.82, 2.24) is 5.32 Å². The third kappa shape index (κ3) is 7.06. The third-order valence-electron chi connectivity index (χ3n) is 4.30. The van der Waals surface area contributed by atoms with Crippen molar-refractivity contribution in [2.75, 3.05) is 6.54 Å². The zero-order chi connectivity index (χ0) is 15.6. The van der Waals surface area contributed by atoms with Crippen molar-refractivity contribution in [3.8, 4) is 0 Å². The quantitative estimate of drug-likeness (QED) is 0.588. The number of hydrogen-bond acceptors (Lipinski definition) is 2. The Morgan fingerprint density at radius 3 is 2.35 bits per heavy atom. The van der Waals surface area contributed by atoms with E-state index in [0.29, 0.717) is 24.0 Å². The van der Waals surface area contributed by atoms with Crippen molar-refractivity contribution in [3.63, 3.8) is 0 Å². The minimum Gasteiger partial charge on any atom is -0.327 e. The lowest BCUT2D eigenvalue weighted by atomic mass is 9.79. The maximum Gasteiger partial charge on any atom is 0.0294 e. The lowest BCUT2D eigenvalue weighted by Crippen LogP contribution is -2.38. The van der Waals surface area contributed by atoms with Crippen molar-refractivity contribution in [2.45, 2.75) is 66.0 Å². The summed E-state index contributed by atoms with van der Waals surface area (Å²) in [5.41, 5.74) is 7.19. The molecule has 0 amide bonds. The van der Waals surface area contributed by atoms with Gasteiger partial charge in [-0.3, -0.25) is 0 Å². The summed E-state index contributed by atoms with van der Waals surface area (Å²) in [4.78, 5) is 0. The van der Waals surface area contributed by atoms with E-state index in [1.54, 1.807) is 0 Å². The predicted octanol–water partition coefficient (Wildman–Crippen LogP) is 4.20. The molecular formula is C18H34N2. The van der Waals surface area contributed by atoms with Gasteiger partial charge in [-0.05, 0) is 31.3 Å². The number of allylic oxidation sites excluding steroid dienone is 2. The number of rotatable bonds is 10.